The van der Waals surface area contributed by atoms with Crippen LogP contribution in [0.1, 0.15) is 46.5 Å². The fourth-order valence-corrected chi connectivity index (χ4v) is 2.15. The van der Waals surface area contributed by atoms with Gasteiger partial charge in [0.2, 0.25) is 0 Å². The predicted octanol–water partition coefficient (Wildman–Crippen LogP) is 2.21. The zero-order chi connectivity index (χ0) is 15.7. The molecule has 0 aromatic rings. The molecular formula is C16H30N2O3. The maximum Gasteiger partial charge on any atom is 0.314 e. The van der Waals surface area contributed by atoms with Gasteiger partial charge in [0, 0.05) is 13.1 Å². The van der Waals surface area contributed by atoms with Gasteiger partial charge in [-0.2, -0.15) is 0 Å². The van der Waals surface area contributed by atoms with Crippen molar-refractivity contribution in [1.82, 2.24) is 10.6 Å². The Hall–Kier alpha value is -1.07. The number of aliphatic hydroxyl groups is 1. The average Bonchev–Trinajstić information content (AvgIpc) is 2.44. The Balaban J connectivity index is 2.13. The van der Waals surface area contributed by atoms with Crippen LogP contribution in [0.3, 0.4) is 0 Å². The third kappa shape index (κ3) is 8.73. The lowest BCUT2D eigenvalue weighted by Crippen LogP contribution is -2.45. The molecular weight excluding hydrogens is 268 g/mol. The van der Waals surface area contributed by atoms with Crippen LogP contribution < -0.4 is 10.6 Å². The molecule has 0 fully saturated rings. The summed E-state index contributed by atoms with van der Waals surface area (Å²) in [4.78, 5) is 11.7. The van der Waals surface area contributed by atoms with E-state index in [4.69, 9.17) is 4.74 Å². The van der Waals surface area contributed by atoms with E-state index in [1.54, 1.807) is 6.92 Å². The van der Waals surface area contributed by atoms with Gasteiger partial charge in [0.1, 0.15) is 0 Å². The van der Waals surface area contributed by atoms with Gasteiger partial charge in [-0.1, -0.05) is 25.5 Å². The van der Waals surface area contributed by atoms with Gasteiger partial charge < -0.3 is 20.5 Å². The lowest BCUT2D eigenvalue weighted by Gasteiger charge is -2.24. The van der Waals surface area contributed by atoms with Gasteiger partial charge in [-0.25, -0.2) is 4.79 Å². The summed E-state index contributed by atoms with van der Waals surface area (Å²) in [5.74, 6) is 0.554. The minimum absolute atomic E-state index is 0.215. The lowest BCUT2D eigenvalue weighted by molar-refractivity contribution is 0.0477. The van der Waals surface area contributed by atoms with Gasteiger partial charge >= 0.3 is 6.03 Å². The topological polar surface area (TPSA) is 70.6 Å². The Morgan fingerprint density at radius 1 is 1.48 bits per heavy atom. The molecule has 5 heteroatoms. The second kappa shape index (κ2) is 9.05. The second-order valence-electron chi connectivity index (χ2n) is 6.48. The molecule has 0 aliphatic carbocycles. The summed E-state index contributed by atoms with van der Waals surface area (Å²) in [7, 11) is 0. The van der Waals surface area contributed by atoms with Gasteiger partial charge in [0.15, 0.2) is 0 Å². The van der Waals surface area contributed by atoms with E-state index in [9.17, 15) is 9.90 Å². The summed E-state index contributed by atoms with van der Waals surface area (Å²) in [6.45, 7) is 8.37. The number of carbonyl (C=O) groups excluding carboxylic acids is 1. The molecule has 5 nitrogen and oxygen atoms in total. The second-order valence-corrected chi connectivity index (χ2v) is 6.48. The molecule has 0 spiro atoms. The Morgan fingerprint density at radius 2 is 2.24 bits per heavy atom. The fraction of sp³-hybridized carbons (Fsp3) is 0.812. The number of amides is 2. The highest BCUT2D eigenvalue weighted by Gasteiger charge is 2.21. The third-order valence-corrected chi connectivity index (χ3v) is 3.68. The Labute approximate surface area is 128 Å². The van der Waals surface area contributed by atoms with Crippen molar-refractivity contribution in [3.63, 3.8) is 0 Å². The van der Waals surface area contributed by atoms with Crippen molar-refractivity contribution in [2.75, 3.05) is 26.3 Å². The zero-order valence-corrected chi connectivity index (χ0v) is 13.6. The van der Waals surface area contributed by atoms with Crippen LogP contribution in [0.5, 0.6) is 0 Å². The molecule has 1 rings (SSSR count). The van der Waals surface area contributed by atoms with E-state index in [1.807, 2.05) is 0 Å². The van der Waals surface area contributed by atoms with Gasteiger partial charge in [0.25, 0.3) is 0 Å². The molecule has 0 aromatic heterocycles. The molecule has 1 unspecified atom stereocenters. The quantitative estimate of drug-likeness (QED) is 0.602. The minimum atomic E-state index is -0.842. The number of carbonyl (C=O) groups is 1. The zero-order valence-electron chi connectivity index (χ0n) is 13.6. The molecule has 0 saturated heterocycles. The summed E-state index contributed by atoms with van der Waals surface area (Å²) in [5.41, 5.74) is 0.496. The number of hydrogen-bond acceptors (Lipinski definition) is 3. The molecule has 0 radical (unpaired) electrons. The molecule has 1 atom stereocenters. The molecule has 1 heterocycles. The summed E-state index contributed by atoms with van der Waals surface area (Å²) >= 11 is 0. The summed E-state index contributed by atoms with van der Waals surface area (Å²) in [5, 5.41) is 15.7. The number of nitrogens with one attached hydrogen (secondary N) is 2. The van der Waals surface area contributed by atoms with E-state index in [-0.39, 0.29) is 12.6 Å². The first-order valence-corrected chi connectivity index (χ1v) is 7.89. The largest absolute Gasteiger partial charge is 0.388 e. The molecule has 0 bridgehead atoms. The van der Waals surface area contributed by atoms with Crippen molar-refractivity contribution in [2.24, 2.45) is 5.92 Å². The van der Waals surface area contributed by atoms with E-state index >= 15 is 0 Å². The van der Waals surface area contributed by atoms with Crippen LogP contribution in [-0.4, -0.2) is 43.0 Å². The van der Waals surface area contributed by atoms with E-state index in [2.05, 4.69) is 30.6 Å². The van der Waals surface area contributed by atoms with Gasteiger partial charge in [-0.05, 0) is 38.5 Å². The van der Waals surface area contributed by atoms with Crippen LogP contribution in [0.15, 0.2) is 11.6 Å². The summed E-state index contributed by atoms with van der Waals surface area (Å²) < 4.78 is 5.24. The smallest absolute Gasteiger partial charge is 0.314 e. The van der Waals surface area contributed by atoms with Gasteiger partial charge in [-0.3, -0.25) is 0 Å². The van der Waals surface area contributed by atoms with Crippen LogP contribution in [0.2, 0.25) is 0 Å². The van der Waals surface area contributed by atoms with Crippen LogP contribution in [0.25, 0.3) is 0 Å². The highest BCUT2D eigenvalue weighted by Crippen LogP contribution is 2.15. The maximum absolute atomic E-state index is 11.7. The van der Waals surface area contributed by atoms with Crippen molar-refractivity contribution < 1.29 is 14.6 Å². The SMILES string of the molecule is CC(C)CCC(C)(O)CNC(=O)NCCC1=CCOCC1. The van der Waals surface area contributed by atoms with E-state index < -0.39 is 5.60 Å². The van der Waals surface area contributed by atoms with Crippen LogP contribution in [0, 0.1) is 5.92 Å². The molecule has 21 heavy (non-hydrogen) atoms. The average molecular weight is 298 g/mol. The first kappa shape index (κ1) is 18.0. The molecule has 1 aliphatic heterocycles. The van der Waals surface area contributed by atoms with Crippen molar-refractivity contribution in [2.45, 2.75) is 52.1 Å². The molecule has 0 saturated carbocycles. The van der Waals surface area contributed by atoms with Gasteiger partial charge in [-0.15, -0.1) is 0 Å². The fourth-order valence-electron chi connectivity index (χ4n) is 2.15. The summed E-state index contributed by atoms with van der Waals surface area (Å²) in [6.07, 6.45) is 5.54. The van der Waals surface area contributed by atoms with Crippen LogP contribution in [0.4, 0.5) is 4.79 Å². The first-order chi connectivity index (χ1) is 9.89. The van der Waals surface area contributed by atoms with E-state index in [0.29, 0.717) is 25.5 Å². The highest BCUT2D eigenvalue weighted by molar-refractivity contribution is 5.73. The lowest BCUT2D eigenvalue weighted by atomic mass is 9.95. The Morgan fingerprint density at radius 3 is 2.86 bits per heavy atom. The van der Waals surface area contributed by atoms with Crippen molar-refractivity contribution in [1.29, 1.82) is 0 Å². The minimum Gasteiger partial charge on any atom is -0.388 e. The predicted molar refractivity (Wildman–Crippen MR) is 84.2 cm³/mol. The van der Waals surface area contributed by atoms with E-state index in [1.165, 1.54) is 5.57 Å². The van der Waals surface area contributed by atoms with Crippen molar-refractivity contribution in [3.05, 3.63) is 11.6 Å². The number of hydrogen-bond donors (Lipinski definition) is 3. The third-order valence-electron chi connectivity index (χ3n) is 3.68. The Kier molecular flexibility index (Phi) is 7.75. The molecule has 1 aliphatic rings. The number of rotatable bonds is 8. The van der Waals surface area contributed by atoms with Crippen molar-refractivity contribution in [3.8, 4) is 0 Å². The van der Waals surface area contributed by atoms with Crippen LogP contribution >= 0.6 is 0 Å². The number of urea groups is 1. The number of ether oxygens (including phenoxy) is 1. The van der Waals surface area contributed by atoms with Crippen LogP contribution in [-0.2, 0) is 4.74 Å². The summed E-state index contributed by atoms with van der Waals surface area (Å²) in [6, 6.07) is -0.215. The monoisotopic (exact) mass is 298 g/mol. The standard InChI is InChI=1S/C16H30N2O3/c1-13(2)4-8-16(3,20)12-18-15(19)17-9-5-14-6-10-21-11-7-14/h6,13,20H,4-5,7-12H2,1-3H3,(H2,17,18,19). The normalized spacial score (nSPS) is 18.0. The molecule has 3 N–H and O–H groups in total. The van der Waals surface area contributed by atoms with E-state index in [0.717, 1.165) is 25.9 Å². The molecule has 0 aromatic carbocycles. The molecule has 2 amide bonds. The first-order valence-electron chi connectivity index (χ1n) is 7.89. The molecule has 122 valence electrons. The van der Waals surface area contributed by atoms with Gasteiger partial charge in [0.05, 0.1) is 18.8 Å². The van der Waals surface area contributed by atoms with Crippen molar-refractivity contribution >= 4 is 6.03 Å². The maximum atomic E-state index is 11.7. The Bertz CT molecular complexity index is 351. The highest BCUT2D eigenvalue weighted by atomic mass is 16.5.